The first-order valence-electron chi connectivity index (χ1n) is 10.1. The van der Waals surface area contributed by atoms with Gasteiger partial charge >= 0.3 is 5.97 Å². The van der Waals surface area contributed by atoms with E-state index >= 15 is 0 Å². The van der Waals surface area contributed by atoms with Crippen molar-refractivity contribution in [1.29, 1.82) is 0 Å². The molecule has 0 aliphatic carbocycles. The second-order valence-electron chi connectivity index (χ2n) is 7.18. The Morgan fingerprint density at radius 1 is 1.07 bits per heavy atom. The third kappa shape index (κ3) is 4.03. The summed E-state index contributed by atoms with van der Waals surface area (Å²) in [5.41, 5.74) is 5.34. The molecule has 4 heteroatoms. The van der Waals surface area contributed by atoms with Crippen LogP contribution in [0.3, 0.4) is 0 Å². The number of carbonyl (C=O) groups excluding carboxylic acids is 1. The number of esters is 1. The van der Waals surface area contributed by atoms with Crippen molar-refractivity contribution >= 4 is 22.4 Å². The summed E-state index contributed by atoms with van der Waals surface area (Å²) in [6, 6.07) is 22.9. The lowest BCUT2D eigenvalue weighted by Crippen LogP contribution is -2.11. The highest BCUT2D eigenvalue weighted by Gasteiger charge is 2.18. The van der Waals surface area contributed by atoms with Gasteiger partial charge in [-0.1, -0.05) is 42.5 Å². The average Bonchev–Trinajstić information content (AvgIpc) is 3.18. The summed E-state index contributed by atoms with van der Waals surface area (Å²) in [5, 5.41) is 1.12. The average molecular weight is 396 g/mol. The van der Waals surface area contributed by atoms with Gasteiger partial charge in [-0.3, -0.25) is 4.98 Å². The zero-order chi connectivity index (χ0) is 20.9. The van der Waals surface area contributed by atoms with E-state index in [1.165, 1.54) is 5.56 Å². The fourth-order valence-corrected chi connectivity index (χ4v) is 3.77. The van der Waals surface area contributed by atoms with Gasteiger partial charge in [-0.15, -0.1) is 0 Å². The normalized spacial score (nSPS) is 12.7. The molecule has 0 aliphatic heterocycles. The van der Waals surface area contributed by atoms with E-state index < -0.39 is 0 Å². The number of fused-ring (bicyclic) bond motifs is 1. The standard InChI is InChI=1S/C26H24N2O2/c1-3-30-25(29)16-19(2)21-11-12-24-22(17-21)13-15-28(24)26(20-8-5-4-6-9-20)23-10-7-14-27-18-23/h4-18,26H,3H2,1-2H3/b19-16+. The topological polar surface area (TPSA) is 44.1 Å². The van der Waals surface area contributed by atoms with Gasteiger partial charge in [0, 0.05) is 35.6 Å². The number of aromatic nitrogens is 2. The van der Waals surface area contributed by atoms with Crippen LogP contribution in [0.5, 0.6) is 0 Å². The molecule has 0 amide bonds. The molecule has 4 nitrogen and oxygen atoms in total. The van der Waals surface area contributed by atoms with E-state index in [9.17, 15) is 4.79 Å². The molecule has 1 atom stereocenters. The molecule has 0 saturated carbocycles. The Kier molecular flexibility index (Phi) is 5.75. The van der Waals surface area contributed by atoms with Gasteiger partial charge in [-0.2, -0.15) is 0 Å². The van der Waals surface area contributed by atoms with E-state index in [1.807, 2.05) is 25.3 Å². The number of hydrogen-bond donors (Lipinski definition) is 0. The van der Waals surface area contributed by atoms with Gasteiger partial charge in [0.15, 0.2) is 0 Å². The van der Waals surface area contributed by atoms with Crippen LogP contribution in [0.4, 0.5) is 0 Å². The Morgan fingerprint density at radius 2 is 1.87 bits per heavy atom. The maximum atomic E-state index is 11.8. The highest BCUT2D eigenvalue weighted by atomic mass is 16.5. The molecule has 150 valence electrons. The van der Waals surface area contributed by atoms with Crippen molar-refractivity contribution in [1.82, 2.24) is 9.55 Å². The summed E-state index contributed by atoms with van der Waals surface area (Å²) in [5.74, 6) is -0.312. The van der Waals surface area contributed by atoms with Crippen molar-refractivity contribution in [3.05, 3.63) is 108 Å². The molecule has 2 aromatic heterocycles. The zero-order valence-corrected chi connectivity index (χ0v) is 17.2. The van der Waals surface area contributed by atoms with Crippen LogP contribution in [0.25, 0.3) is 16.5 Å². The lowest BCUT2D eigenvalue weighted by Gasteiger charge is -2.21. The monoisotopic (exact) mass is 396 g/mol. The highest BCUT2D eigenvalue weighted by Crippen LogP contribution is 2.31. The number of pyridine rings is 1. The molecule has 30 heavy (non-hydrogen) atoms. The molecule has 0 fully saturated rings. The Bertz CT molecular complexity index is 1140. The van der Waals surface area contributed by atoms with Gasteiger partial charge in [0.05, 0.1) is 12.6 Å². The lowest BCUT2D eigenvalue weighted by molar-refractivity contribution is -0.137. The van der Waals surface area contributed by atoms with Crippen molar-refractivity contribution in [3.8, 4) is 0 Å². The number of hydrogen-bond acceptors (Lipinski definition) is 3. The van der Waals surface area contributed by atoms with Crippen LogP contribution in [0, 0.1) is 0 Å². The fraction of sp³-hybridized carbons (Fsp3) is 0.154. The second kappa shape index (κ2) is 8.78. The van der Waals surface area contributed by atoms with Crippen LogP contribution in [-0.4, -0.2) is 22.1 Å². The molecule has 4 aromatic rings. The Morgan fingerprint density at radius 3 is 2.60 bits per heavy atom. The van der Waals surface area contributed by atoms with Crippen molar-refractivity contribution in [2.45, 2.75) is 19.9 Å². The van der Waals surface area contributed by atoms with Crippen LogP contribution in [0.2, 0.25) is 0 Å². The first-order chi connectivity index (χ1) is 14.7. The van der Waals surface area contributed by atoms with Crippen LogP contribution >= 0.6 is 0 Å². The number of allylic oxidation sites excluding steroid dienone is 1. The van der Waals surface area contributed by atoms with E-state index in [0.29, 0.717) is 6.61 Å². The Balaban J connectivity index is 1.77. The fourth-order valence-electron chi connectivity index (χ4n) is 3.77. The predicted molar refractivity (Wildman–Crippen MR) is 120 cm³/mol. The van der Waals surface area contributed by atoms with E-state index in [0.717, 1.165) is 27.6 Å². The molecule has 2 aromatic carbocycles. The van der Waals surface area contributed by atoms with Crippen LogP contribution < -0.4 is 0 Å². The third-order valence-electron chi connectivity index (χ3n) is 5.19. The minimum Gasteiger partial charge on any atom is -0.463 e. The molecule has 0 radical (unpaired) electrons. The first-order valence-corrected chi connectivity index (χ1v) is 10.1. The summed E-state index contributed by atoms with van der Waals surface area (Å²) in [6.07, 6.45) is 7.38. The molecule has 0 spiro atoms. The van der Waals surface area contributed by atoms with E-state index in [2.05, 4.69) is 70.3 Å². The van der Waals surface area contributed by atoms with Crippen LogP contribution in [0.15, 0.2) is 91.4 Å². The van der Waals surface area contributed by atoms with Crippen molar-refractivity contribution in [2.75, 3.05) is 6.61 Å². The SMILES string of the molecule is CCOC(=O)/C=C(\C)c1ccc2c(ccn2C(c2ccccc2)c2cccnc2)c1. The summed E-state index contributed by atoms with van der Waals surface area (Å²) in [6.45, 7) is 4.11. The molecule has 0 aliphatic rings. The summed E-state index contributed by atoms with van der Waals surface area (Å²) in [7, 11) is 0. The number of carbonyl (C=O) groups is 1. The largest absolute Gasteiger partial charge is 0.463 e. The maximum absolute atomic E-state index is 11.8. The van der Waals surface area contributed by atoms with Crippen molar-refractivity contribution in [2.24, 2.45) is 0 Å². The smallest absolute Gasteiger partial charge is 0.331 e. The minimum atomic E-state index is -0.312. The maximum Gasteiger partial charge on any atom is 0.331 e. The Labute approximate surface area is 176 Å². The molecule has 4 rings (SSSR count). The third-order valence-corrected chi connectivity index (χ3v) is 5.19. The van der Waals surface area contributed by atoms with E-state index in [4.69, 9.17) is 4.74 Å². The summed E-state index contributed by atoms with van der Waals surface area (Å²) in [4.78, 5) is 16.1. The lowest BCUT2D eigenvalue weighted by atomic mass is 9.99. The first kappa shape index (κ1) is 19.6. The molecule has 2 heterocycles. The summed E-state index contributed by atoms with van der Waals surface area (Å²) >= 11 is 0. The Hall–Kier alpha value is -3.66. The van der Waals surface area contributed by atoms with Gasteiger partial charge in [-0.05, 0) is 60.4 Å². The number of ether oxygens (including phenoxy) is 1. The molecular formula is C26H24N2O2. The van der Waals surface area contributed by atoms with Crippen molar-refractivity contribution in [3.63, 3.8) is 0 Å². The number of nitrogens with zero attached hydrogens (tertiary/aromatic N) is 2. The van der Waals surface area contributed by atoms with E-state index in [1.54, 1.807) is 19.2 Å². The molecular weight excluding hydrogens is 372 g/mol. The molecule has 0 N–H and O–H groups in total. The van der Waals surface area contributed by atoms with Gasteiger partial charge in [-0.25, -0.2) is 4.79 Å². The predicted octanol–water partition coefficient (Wildman–Crippen LogP) is 5.64. The van der Waals surface area contributed by atoms with Gasteiger partial charge in [0.1, 0.15) is 0 Å². The zero-order valence-electron chi connectivity index (χ0n) is 17.2. The quantitative estimate of drug-likeness (QED) is 0.313. The van der Waals surface area contributed by atoms with E-state index in [-0.39, 0.29) is 12.0 Å². The molecule has 1 unspecified atom stereocenters. The molecule has 0 saturated heterocycles. The summed E-state index contributed by atoms with van der Waals surface area (Å²) < 4.78 is 7.30. The number of benzene rings is 2. The van der Waals surface area contributed by atoms with Gasteiger partial charge < -0.3 is 9.30 Å². The molecule has 0 bridgehead atoms. The second-order valence-corrected chi connectivity index (χ2v) is 7.18. The number of rotatable bonds is 6. The van der Waals surface area contributed by atoms with Crippen LogP contribution in [0.1, 0.15) is 36.6 Å². The van der Waals surface area contributed by atoms with Crippen LogP contribution in [-0.2, 0) is 9.53 Å². The highest BCUT2D eigenvalue weighted by molar-refractivity contribution is 5.93. The van der Waals surface area contributed by atoms with Gasteiger partial charge in [0.25, 0.3) is 0 Å². The minimum absolute atomic E-state index is 0.0272. The van der Waals surface area contributed by atoms with Gasteiger partial charge in [0.2, 0.25) is 0 Å². The van der Waals surface area contributed by atoms with Crippen molar-refractivity contribution < 1.29 is 9.53 Å².